The molecule has 4 aromatic carbocycles. The first-order valence-corrected chi connectivity index (χ1v) is 10.3. The van der Waals surface area contributed by atoms with Crippen LogP contribution in [0.15, 0.2) is 105 Å². The molecule has 5 aromatic rings. The van der Waals surface area contributed by atoms with Gasteiger partial charge in [0, 0.05) is 16.3 Å². The monoisotopic (exact) mass is 400 g/mol. The Morgan fingerprint density at radius 3 is 1.86 bits per heavy atom. The number of para-hydroxylation sites is 3. The molecule has 0 spiro atoms. The number of fused-ring (bicyclic) bond motifs is 3. The SMILES string of the molecule is Oc1c(Op2oc3ccccc3c3ccccc3o2)cccc1-c1ccccc1. The first kappa shape index (κ1) is 17.5. The van der Waals surface area contributed by atoms with Gasteiger partial charge in [-0.15, -0.1) is 0 Å². The van der Waals surface area contributed by atoms with Crippen LogP contribution in [0.5, 0.6) is 11.5 Å². The maximum Gasteiger partial charge on any atom is 0.453 e. The van der Waals surface area contributed by atoms with E-state index in [1.54, 1.807) is 6.07 Å². The van der Waals surface area contributed by atoms with Gasteiger partial charge in [-0.2, -0.15) is 0 Å². The van der Waals surface area contributed by atoms with Gasteiger partial charge in [-0.1, -0.05) is 78.9 Å². The zero-order valence-electron chi connectivity index (χ0n) is 15.4. The van der Waals surface area contributed by atoms with Gasteiger partial charge < -0.3 is 18.0 Å². The first-order chi connectivity index (χ1) is 14.3. The Bertz CT molecular complexity index is 1280. The fourth-order valence-corrected chi connectivity index (χ4v) is 4.34. The van der Waals surface area contributed by atoms with Crippen LogP contribution in [0.25, 0.3) is 33.1 Å². The molecule has 0 aliphatic heterocycles. The van der Waals surface area contributed by atoms with E-state index in [0.29, 0.717) is 22.5 Å². The molecule has 1 aromatic heterocycles. The van der Waals surface area contributed by atoms with Crippen molar-refractivity contribution in [1.29, 1.82) is 0 Å². The zero-order chi connectivity index (χ0) is 19.6. The molecule has 1 heterocycles. The Morgan fingerprint density at radius 1 is 0.621 bits per heavy atom. The number of aromatic hydroxyl groups is 1. The second-order valence-electron chi connectivity index (χ2n) is 6.51. The van der Waals surface area contributed by atoms with Crippen LogP contribution in [0.1, 0.15) is 0 Å². The summed E-state index contributed by atoms with van der Waals surface area (Å²) in [5.74, 6) is 0.369. The highest BCUT2D eigenvalue weighted by Crippen LogP contribution is 2.43. The lowest BCUT2D eigenvalue weighted by molar-refractivity contribution is 0.431. The average Bonchev–Trinajstić information content (AvgIpc) is 2.92. The maximum atomic E-state index is 10.8. The van der Waals surface area contributed by atoms with E-state index in [0.717, 1.165) is 16.3 Å². The largest absolute Gasteiger partial charge is 0.504 e. The topological polar surface area (TPSA) is 55.7 Å². The Balaban J connectivity index is 1.66. The molecular weight excluding hydrogens is 383 g/mol. The predicted molar refractivity (Wildman–Crippen MR) is 116 cm³/mol. The average molecular weight is 400 g/mol. The molecule has 4 nitrogen and oxygen atoms in total. The zero-order valence-corrected chi connectivity index (χ0v) is 16.3. The van der Waals surface area contributed by atoms with Crippen molar-refractivity contribution >= 4 is 30.2 Å². The molecule has 0 saturated carbocycles. The van der Waals surface area contributed by atoms with Crippen molar-refractivity contribution in [1.82, 2.24) is 0 Å². The lowest BCUT2D eigenvalue weighted by atomic mass is 10.0. The summed E-state index contributed by atoms with van der Waals surface area (Å²) in [4.78, 5) is 0. The fraction of sp³-hybridized carbons (Fsp3) is 0. The lowest BCUT2D eigenvalue weighted by Crippen LogP contribution is -1.84. The van der Waals surface area contributed by atoms with Crippen LogP contribution in [-0.2, 0) is 0 Å². The fourth-order valence-electron chi connectivity index (χ4n) is 3.28. The molecule has 0 saturated heterocycles. The van der Waals surface area contributed by atoms with E-state index in [1.165, 1.54) is 0 Å². The molecule has 29 heavy (non-hydrogen) atoms. The van der Waals surface area contributed by atoms with Crippen LogP contribution in [0.2, 0.25) is 0 Å². The maximum absolute atomic E-state index is 10.8. The molecule has 5 rings (SSSR count). The van der Waals surface area contributed by atoms with E-state index in [-0.39, 0.29) is 5.75 Å². The van der Waals surface area contributed by atoms with Crippen molar-refractivity contribution in [2.24, 2.45) is 0 Å². The van der Waals surface area contributed by atoms with Crippen molar-refractivity contribution in [2.45, 2.75) is 0 Å². The highest BCUT2D eigenvalue weighted by molar-refractivity contribution is 7.32. The van der Waals surface area contributed by atoms with E-state index >= 15 is 0 Å². The molecule has 0 fully saturated rings. The van der Waals surface area contributed by atoms with E-state index < -0.39 is 8.24 Å². The van der Waals surface area contributed by atoms with Gasteiger partial charge in [0.05, 0.1) is 0 Å². The number of rotatable bonds is 3. The van der Waals surface area contributed by atoms with E-state index in [9.17, 15) is 5.11 Å². The summed E-state index contributed by atoms with van der Waals surface area (Å²) in [6, 6.07) is 30.6. The molecule has 0 aliphatic rings. The standard InChI is InChI=1S/C24H17O4P/c25-24-18(17-9-2-1-3-10-17)13-8-16-23(24)28-29-26-21-14-6-4-11-19(21)20-12-5-7-15-22(20)27-29/h1-16,25H. The van der Waals surface area contributed by atoms with E-state index in [4.69, 9.17) is 12.9 Å². The minimum absolute atomic E-state index is 0.0548. The van der Waals surface area contributed by atoms with Gasteiger partial charge in [0.1, 0.15) is 11.2 Å². The summed E-state index contributed by atoms with van der Waals surface area (Å²) in [6.45, 7) is 0. The van der Waals surface area contributed by atoms with E-state index in [2.05, 4.69) is 0 Å². The first-order valence-electron chi connectivity index (χ1n) is 9.19. The minimum atomic E-state index is -1.81. The lowest BCUT2D eigenvalue weighted by Gasteiger charge is -2.09. The summed E-state index contributed by atoms with van der Waals surface area (Å²) in [5, 5.41) is 12.7. The van der Waals surface area contributed by atoms with Crippen LogP contribution >= 0.6 is 8.24 Å². The second-order valence-corrected chi connectivity index (χ2v) is 7.50. The molecule has 0 radical (unpaired) electrons. The van der Waals surface area contributed by atoms with E-state index in [1.807, 2.05) is 91.0 Å². The third kappa shape index (κ3) is 3.35. The number of hydrogen-bond donors (Lipinski definition) is 1. The van der Waals surface area contributed by atoms with Crippen LogP contribution in [0.4, 0.5) is 0 Å². The molecule has 1 N–H and O–H groups in total. The predicted octanol–water partition coefficient (Wildman–Crippen LogP) is 7.50. The smallest absolute Gasteiger partial charge is 0.453 e. The van der Waals surface area contributed by atoms with Gasteiger partial charge in [-0.3, -0.25) is 0 Å². The number of phenolic OH excluding ortho intramolecular Hbond substituents is 1. The normalized spacial score (nSPS) is 10.9. The van der Waals surface area contributed by atoms with Gasteiger partial charge in [-0.05, 0) is 23.8 Å². The molecule has 0 aliphatic carbocycles. The van der Waals surface area contributed by atoms with Crippen molar-refractivity contribution in [3.05, 3.63) is 97.1 Å². The Hall–Kier alpha value is -3.62. The molecular formula is C24H17O4P. The number of phenols is 1. The third-order valence-corrected chi connectivity index (χ3v) is 5.70. The van der Waals surface area contributed by atoms with Crippen molar-refractivity contribution in [3.8, 4) is 22.6 Å². The van der Waals surface area contributed by atoms with Gasteiger partial charge in [-0.25, -0.2) is 0 Å². The van der Waals surface area contributed by atoms with Crippen LogP contribution < -0.4 is 4.52 Å². The molecule has 0 unspecified atom stereocenters. The van der Waals surface area contributed by atoms with Gasteiger partial charge in [0.15, 0.2) is 11.5 Å². The number of benzene rings is 4. The van der Waals surface area contributed by atoms with Crippen LogP contribution in [0, 0.1) is 0 Å². The van der Waals surface area contributed by atoms with Crippen molar-refractivity contribution < 1.29 is 18.0 Å². The quantitative estimate of drug-likeness (QED) is 0.341. The third-order valence-electron chi connectivity index (χ3n) is 4.67. The highest BCUT2D eigenvalue weighted by atomic mass is 31.1. The Morgan fingerprint density at radius 2 is 1.21 bits per heavy atom. The van der Waals surface area contributed by atoms with Gasteiger partial charge in [0.25, 0.3) is 0 Å². The molecule has 0 amide bonds. The van der Waals surface area contributed by atoms with Gasteiger partial charge in [0.2, 0.25) is 0 Å². The van der Waals surface area contributed by atoms with Gasteiger partial charge >= 0.3 is 8.24 Å². The van der Waals surface area contributed by atoms with Crippen molar-refractivity contribution in [2.75, 3.05) is 0 Å². The van der Waals surface area contributed by atoms with Crippen molar-refractivity contribution in [3.63, 3.8) is 0 Å². The molecule has 0 bridgehead atoms. The summed E-state index contributed by atoms with van der Waals surface area (Å²) in [5.41, 5.74) is 2.96. The summed E-state index contributed by atoms with van der Waals surface area (Å²) in [6.07, 6.45) is 0. The molecule has 142 valence electrons. The Labute approximate surface area is 168 Å². The molecule has 5 heteroatoms. The Kier molecular flexibility index (Phi) is 4.47. The second kappa shape index (κ2) is 7.42. The summed E-state index contributed by atoms with van der Waals surface area (Å²) < 4.78 is 18.1. The summed E-state index contributed by atoms with van der Waals surface area (Å²) in [7, 11) is -1.81. The summed E-state index contributed by atoms with van der Waals surface area (Å²) >= 11 is 0. The minimum Gasteiger partial charge on any atom is -0.504 e. The number of hydrogen-bond acceptors (Lipinski definition) is 4. The highest BCUT2D eigenvalue weighted by Gasteiger charge is 2.14. The molecule has 0 atom stereocenters. The van der Waals surface area contributed by atoms with Crippen LogP contribution in [-0.4, -0.2) is 5.11 Å². The van der Waals surface area contributed by atoms with Crippen LogP contribution in [0.3, 0.4) is 0 Å².